The molecule has 0 aliphatic rings. The number of nitrogens with zero attached hydrogens (tertiary/aromatic N) is 1. The number of hydrogen-bond acceptors (Lipinski definition) is 5. The number of carbonyl (C=O) groups excluding carboxylic acids is 2. The molecule has 32 heavy (non-hydrogen) atoms. The molecule has 0 unspecified atom stereocenters. The van der Waals surface area contributed by atoms with E-state index in [1.165, 1.54) is 16.4 Å². The summed E-state index contributed by atoms with van der Waals surface area (Å²) in [5.41, 5.74) is 2.80. The van der Waals surface area contributed by atoms with Crippen LogP contribution in [-0.2, 0) is 19.6 Å². The standard InChI is InChI=1S/C23H32N4O4S/c1-5-9-22(28)26-21-11-8-10-20(17(21)4)24-16-23(29)25-18-12-14-19(15-13-18)32(30,31)27(6-2)7-3/h8,10-15,24H,5-7,9,16H2,1-4H3,(H,25,29)(H,26,28). The number of hydrogen-bond donors (Lipinski definition) is 3. The minimum atomic E-state index is -3.54. The highest BCUT2D eigenvalue weighted by Gasteiger charge is 2.21. The largest absolute Gasteiger partial charge is 0.376 e. The predicted molar refractivity (Wildman–Crippen MR) is 128 cm³/mol. The molecule has 0 radical (unpaired) electrons. The molecule has 174 valence electrons. The molecular weight excluding hydrogens is 428 g/mol. The molecule has 0 aromatic heterocycles. The molecule has 0 aliphatic heterocycles. The monoisotopic (exact) mass is 460 g/mol. The molecule has 8 nitrogen and oxygen atoms in total. The second kappa shape index (κ2) is 11.6. The highest BCUT2D eigenvalue weighted by atomic mass is 32.2. The van der Waals surface area contributed by atoms with Gasteiger partial charge in [-0.15, -0.1) is 0 Å². The molecule has 0 bridgehead atoms. The van der Waals surface area contributed by atoms with Gasteiger partial charge >= 0.3 is 0 Å². The lowest BCUT2D eigenvalue weighted by molar-refractivity contribution is -0.116. The maximum Gasteiger partial charge on any atom is 0.243 e. The summed E-state index contributed by atoms with van der Waals surface area (Å²) in [5.74, 6) is -0.318. The lowest BCUT2D eigenvalue weighted by Gasteiger charge is -2.18. The lowest BCUT2D eigenvalue weighted by atomic mass is 10.1. The van der Waals surface area contributed by atoms with Crippen molar-refractivity contribution in [1.82, 2.24) is 4.31 Å². The Morgan fingerprint density at radius 2 is 1.50 bits per heavy atom. The van der Waals surface area contributed by atoms with E-state index in [4.69, 9.17) is 0 Å². The van der Waals surface area contributed by atoms with E-state index in [9.17, 15) is 18.0 Å². The van der Waals surface area contributed by atoms with Crippen LogP contribution < -0.4 is 16.0 Å². The third-order valence-electron chi connectivity index (χ3n) is 5.01. The fourth-order valence-corrected chi connectivity index (χ4v) is 4.66. The molecule has 9 heteroatoms. The molecular formula is C23H32N4O4S. The predicted octanol–water partition coefficient (Wildman–Crippen LogP) is 3.81. The summed E-state index contributed by atoms with van der Waals surface area (Å²) in [5, 5.41) is 8.71. The van der Waals surface area contributed by atoms with Crippen molar-refractivity contribution < 1.29 is 18.0 Å². The zero-order valence-electron chi connectivity index (χ0n) is 19.1. The van der Waals surface area contributed by atoms with Crippen LogP contribution in [0.5, 0.6) is 0 Å². The van der Waals surface area contributed by atoms with Gasteiger partial charge < -0.3 is 16.0 Å². The molecule has 2 aromatic rings. The Labute approximate surface area is 190 Å². The molecule has 0 heterocycles. The van der Waals surface area contributed by atoms with Crippen molar-refractivity contribution in [2.75, 3.05) is 35.6 Å². The fourth-order valence-electron chi connectivity index (χ4n) is 3.21. The van der Waals surface area contributed by atoms with E-state index in [0.717, 1.165) is 17.7 Å². The Morgan fingerprint density at radius 1 is 0.875 bits per heavy atom. The van der Waals surface area contributed by atoms with Crippen molar-refractivity contribution >= 4 is 38.9 Å². The topological polar surface area (TPSA) is 108 Å². The van der Waals surface area contributed by atoms with Gasteiger partial charge in [0.05, 0.1) is 11.4 Å². The van der Waals surface area contributed by atoms with Crippen LogP contribution in [0.15, 0.2) is 47.4 Å². The third kappa shape index (κ3) is 6.54. The van der Waals surface area contributed by atoms with Crippen LogP contribution in [-0.4, -0.2) is 44.2 Å². The number of anilines is 3. The minimum absolute atomic E-state index is 0.0205. The van der Waals surface area contributed by atoms with Gasteiger partial charge in [0.1, 0.15) is 0 Å². The van der Waals surface area contributed by atoms with E-state index in [0.29, 0.717) is 30.9 Å². The van der Waals surface area contributed by atoms with E-state index in [-0.39, 0.29) is 23.3 Å². The van der Waals surface area contributed by atoms with Crippen LogP contribution in [0.1, 0.15) is 39.2 Å². The summed E-state index contributed by atoms with van der Waals surface area (Å²) in [6, 6.07) is 11.6. The Kier molecular flexibility index (Phi) is 9.22. The van der Waals surface area contributed by atoms with E-state index in [1.54, 1.807) is 26.0 Å². The van der Waals surface area contributed by atoms with Crippen LogP contribution in [0.3, 0.4) is 0 Å². The summed E-state index contributed by atoms with van der Waals surface area (Å²) >= 11 is 0. The normalized spacial score (nSPS) is 11.3. The first-order valence-electron chi connectivity index (χ1n) is 10.8. The molecule has 0 fully saturated rings. The Bertz CT molecular complexity index is 1030. The second-order valence-electron chi connectivity index (χ2n) is 7.29. The van der Waals surface area contributed by atoms with E-state index < -0.39 is 10.0 Å². The SMILES string of the molecule is CCCC(=O)Nc1cccc(NCC(=O)Nc2ccc(S(=O)(=O)N(CC)CC)cc2)c1C. The summed E-state index contributed by atoms with van der Waals surface area (Å²) in [6.07, 6.45) is 1.22. The molecule has 2 aromatic carbocycles. The van der Waals surface area contributed by atoms with Crippen molar-refractivity contribution in [2.45, 2.75) is 45.4 Å². The van der Waals surface area contributed by atoms with Crippen molar-refractivity contribution in [3.63, 3.8) is 0 Å². The van der Waals surface area contributed by atoms with E-state index in [1.807, 2.05) is 32.0 Å². The van der Waals surface area contributed by atoms with Gasteiger partial charge in [-0.2, -0.15) is 4.31 Å². The number of rotatable bonds is 11. The van der Waals surface area contributed by atoms with Gasteiger partial charge in [-0.05, 0) is 55.3 Å². The van der Waals surface area contributed by atoms with Gasteiger partial charge in [-0.3, -0.25) is 9.59 Å². The quantitative estimate of drug-likeness (QED) is 0.473. The molecule has 2 rings (SSSR count). The number of nitrogens with one attached hydrogen (secondary N) is 3. The zero-order valence-corrected chi connectivity index (χ0v) is 19.9. The molecule has 0 saturated carbocycles. The lowest BCUT2D eigenvalue weighted by Crippen LogP contribution is -2.30. The molecule has 2 amide bonds. The summed E-state index contributed by atoms with van der Waals surface area (Å²) in [4.78, 5) is 24.4. The van der Waals surface area contributed by atoms with Gasteiger partial charge in [0.25, 0.3) is 0 Å². The third-order valence-corrected chi connectivity index (χ3v) is 7.07. The van der Waals surface area contributed by atoms with Gasteiger partial charge in [-0.25, -0.2) is 8.42 Å². The van der Waals surface area contributed by atoms with Gasteiger partial charge in [0.2, 0.25) is 21.8 Å². The van der Waals surface area contributed by atoms with Gasteiger partial charge in [0, 0.05) is 36.6 Å². The van der Waals surface area contributed by atoms with E-state index >= 15 is 0 Å². The molecule has 0 saturated heterocycles. The average Bonchev–Trinajstić information content (AvgIpc) is 2.75. The first-order valence-corrected chi connectivity index (χ1v) is 12.2. The number of benzene rings is 2. The fraction of sp³-hybridized carbons (Fsp3) is 0.391. The van der Waals surface area contributed by atoms with Crippen molar-refractivity contribution in [3.8, 4) is 0 Å². The summed E-state index contributed by atoms with van der Waals surface area (Å²) in [7, 11) is -3.54. The molecule has 0 spiro atoms. The average molecular weight is 461 g/mol. The Morgan fingerprint density at radius 3 is 2.09 bits per heavy atom. The Balaban J connectivity index is 1.98. The maximum atomic E-state index is 12.6. The van der Waals surface area contributed by atoms with Crippen molar-refractivity contribution in [1.29, 1.82) is 0 Å². The zero-order chi connectivity index (χ0) is 23.7. The molecule has 0 aliphatic carbocycles. The smallest absolute Gasteiger partial charge is 0.243 e. The highest BCUT2D eigenvalue weighted by molar-refractivity contribution is 7.89. The van der Waals surface area contributed by atoms with Crippen LogP contribution in [0.25, 0.3) is 0 Å². The van der Waals surface area contributed by atoms with Crippen LogP contribution in [0.2, 0.25) is 0 Å². The second-order valence-corrected chi connectivity index (χ2v) is 9.23. The Hall–Kier alpha value is -2.91. The van der Waals surface area contributed by atoms with Crippen LogP contribution in [0, 0.1) is 6.92 Å². The number of amides is 2. The maximum absolute atomic E-state index is 12.6. The summed E-state index contributed by atoms with van der Waals surface area (Å²) in [6.45, 7) is 8.21. The minimum Gasteiger partial charge on any atom is -0.376 e. The van der Waals surface area contributed by atoms with Crippen LogP contribution >= 0.6 is 0 Å². The van der Waals surface area contributed by atoms with Crippen molar-refractivity contribution in [2.24, 2.45) is 0 Å². The molecule has 0 atom stereocenters. The number of sulfonamides is 1. The van der Waals surface area contributed by atoms with Crippen molar-refractivity contribution in [3.05, 3.63) is 48.0 Å². The van der Waals surface area contributed by atoms with Gasteiger partial charge in [0.15, 0.2) is 0 Å². The first-order chi connectivity index (χ1) is 15.2. The van der Waals surface area contributed by atoms with E-state index in [2.05, 4.69) is 16.0 Å². The number of carbonyl (C=O) groups is 2. The molecule has 3 N–H and O–H groups in total. The highest BCUT2D eigenvalue weighted by Crippen LogP contribution is 2.23. The van der Waals surface area contributed by atoms with Crippen LogP contribution in [0.4, 0.5) is 17.1 Å². The van der Waals surface area contributed by atoms with Gasteiger partial charge in [-0.1, -0.05) is 26.8 Å². The first kappa shape index (κ1) is 25.4. The summed E-state index contributed by atoms with van der Waals surface area (Å²) < 4.78 is 26.5.